The molecule has 19 heavy (non-hydrogen) atoms. The molecule has 0 fully saturated rings. The van der Waals surface area contributed by atoms with Gasteiger partial charge in [0.25, 0.3) is 0 Å². The van der Waals surface area contributed by atoms with E-state index >= 15 is 0 Å². The zero-order valence-electron chi connectivity index (χ0n) is 10.9. The standard InChI is InChI=1S/C12H18N2O3.2ClH/c1-14(2)10-5-3-9(4-6-10)7-17-8-11(13)12(15)16;;/h3-6,11H,7-8,13H2,1-2H3,(H,15,16);2*1H/t11-;;/m0../s1. The van der Waals surface area contributed by atoms with Gasteiger partial charge in [-0.2, -0.15) is 0 Å². The summed E-state index contributed by atoms with van der Waals surface area (Å²) in [5.41, 5.74) is 7.41. The summed E-state index contributed by atoms with van der Waals surface area (Å²) in [6.07, 6.45) is 0. The molecule has 0 unspecified atom stereocenters. The van der Waals surface area contributed by atoms with Crippen LogP contribution in [0, 0.1) is 0 Å². The summed E-state index contributed by atoms with van der Waals surface area (Å²) in [7, 11) is 3.94. The van der Waals surface area contributed by atoms with Gasteiger partial charge >= 0.3 is 5.97 Å². The summed E-state index contributed by atoms with van der Waals surface area (Å²) in [4.78, 5) is 12.5. The van der Waals surface area contributed by atoms with E-state index in [1.165, 1.54) is 0 Å². The molecule has 5 nitrogen and oxygen atoms in total. The number of hydrogen-bond donors (Lipinski definition) is 2. The second kappa shape index (κ2) is 9.86. The first-order valence-corrected chi connectivity index (χ1v) is 5.33. The number of nitrogens with two attached hydrogens (primary N) is 1. The monoisotopic (exact) mass is 310 g/mol. The molecule has 3 N–H and O–H groups in total. The highest BCUT2D eigenvalue weighted by atomic mass is 35.5. The lowest BCUT2D eigenvalue weighted by molar-refractivity contribution is -0.140. The van der Waals surface area contributed by atoms with Crippen LogP contribution in [0.15, 0.2) is 24.3 Å². The van der Waals surface area contributed by atoms with Gasteiger partial charge in [-0.05, 0) is 17.7 Å². The van der Waals surface area contributed by atoms with E-state index in [1.54, 1.807) is 0 Å². The van der Waals surface area contributed by atoms with Crippen LogP contribution in [0.3, 0.4) is 0 Å². The normalized spacial score (nSPS) is 10.9. The van der Waals surface area contributed by atoms with Crippen LogP contribution in [0.4, 0.5) is 5.69 Å². The molecule has 0 amide bonds. The minimum absolute atomic E-state index is 0. The van der Waals surface area contributed by atoms with E-state index < -0.39 is 12.0 Å². The van der Waals surface area contributed by atoms with Gasteiger partial charge in [0, 0.05) is 19.8 Å². The van der Waals surface area contributed by atoms with E-state index in [4.69, 9.17) is 15.6 Å². The molecule has 0 radical (unpaired) electrons. The molecule has 0 aliphatic heterocycles. The van der Waals surface area contributed by atoms with Crippen LogP contribution in [0.2, 0.25) is 0 Å². The molecule has 0 saturated heterocycles. The van der Waals surface area contributed by atoms with E-state index in [0.29, 0.717) is 6.61 Å². The summed E-state index contributed by atoms with van der Waals surface area (Å²) >= 11 is 0. The first-order chi connectivity index (χ1) is 8.00. The number of carboxylic acids is 1. The third-order valence-corrected chi connectivity index (χ3v) is 2.34. The van der Waals surface area contributed by atoms with Crippen LogP contribution in [0.1, 0.15) is 5.56 Å². The van der Waals surface area contributed by atoms with Gasteiger partial charge in [-0.25, -0.2) is 0 Å². The van der Waals surface area contributed by atoms with Gasteiger partial charge in [-0.15, -0.1) is 24.8 Å². The average Bonchev–Trinajstić information content (AvgIpc) is 2.29. The third-order valence-electron chi connectivity index (χ3n) is 2.34. The molecule has 0 bridgehead atoms. The summed E-state index contributed by atoms with van der Waals surface area (Å²) in [5.74, 6) is -1.05. The molecule has 0 aromatic heterocycles. The van der Waals surface area contributed by atoms with Crippen LogP contribution in [0.25, 0.3) is 0 Å². The van der Waals surface area contributed by atoms with Crippen molar-refractivity contribution in [2.75, 3.05) is 25.6 Å². The molecular formula is C12H20Cl2N2O3. The lowest BCUT2D eigenvalue weighted by atomic mass is 10.2. The van der Waals surface area contributed by atoms with Gasteiger partial charge in [0.2, 0.25) is 0 Å². The molecule has 0 heterocycles. The smallest absolute Gasteiger partial charge is 0.322 e. The summed E-state index contributed by atoms with van der Waals surface area (Å²) < 4.78 is 5.22. The Labute approximate surface area is 125 Å². The van der Waals surface area contributed by atoms with Crippen molar-refractivity contribution in [2.45, 2.75) is 12.6 Å². The van der Waals surface area contributed by atoms with Crippen molar-refractivity contribution in [3.05, 3.63) is 29.8 Å². The van der Waals surface area contributed by atoms with E-state index in [0.717, 1.165) is 11.3 Å². The van der Waals surface area contributed by atoms with Gasteiger partial charge in [-0.1, -0.05) is 12.1 Å². The van der Waals surface area contributed by atoms with Gasteiger partial charge in [0.05, 0.1) is 13.2 Å². The van der Waals surface area contributed by atoms with Crippen molar-refractivity contribution < 1.29 is 14.6 Å². The molecular weight excluding hydrogens is 291 g/mol. The minimum atomic E-state index is -1.05. The number of aliphatic carboxylic acids is 1. The zero-order valence-corrected chi connectivity index (χ0v) is 12.5. The summed E-state index contributed by atoms with van der Waals surface area (Å²) in [6.45, 7) is 0.388. The first kappa shape index (κ1) is 20.3. The second-order valence-corrected chi connectivity index (χ2v) is 4.02. The molecule has 1 rings (SSSR count). The van der Waals surface area contributed by atoms with Crippen molar-refractivity contribution in [1.82, 2.24) is 0 Å². The topological polar surface area (TPSA) is 75.8 Å². The molecule has 110 valence electrons. The number of ether oxygens (including phenoxy) is 1. The Kier molecular flexibility index (Phi) is 10.5. The van der Waals surface area contributed by atoms with Crippen molar-refractivity contribution in [3.8, 4) is 0 Å². The second-order valence-electron chi connectivity index (χ2n) is 4.02. The van der Waals surface area contributed by atoms with Crippen LogP contribution >= 0.6 is 24.8 Å². The lowest BCUT2D eigenvalue weighted by Crippen LogP contribution is -2.34. The number of benzene rings is 1. The summed E-state index contributed by atoms with van der Waals surface area (Å²) in [5, 5.41) is 8.57. The SMILES string of the molecule is CN(C)c1ccc(COC[C@H](N)C(=O)O)cc1.Cl.Cl. The number of halogens is 2. The number of rotatable bonds is 6. The molecule has 0 spiro atoms. The maximum atomic E-state index is 10.5. The van der Waals surface area contributed by atoms with E-state index in [-0.39, 0.29) is 31.4 Å². The van der Waals surface area contributed by atoms with Crippen LogP contribution in [-0.4, -0.2) is 37.8 Å². The van der Waals surface area contributed by atoms with E-state index in [2.05, 4.69) is 0 Å². The summed E-state index contributed by atoms with van der Waals surface area (Å²) in [6, 6.07) is 6.89. The van der Waals surface area contributed by atoms with Crippen molar-refractivity contribution in [3.63, 3.8) is 0 Å². The number of carbonyl (C=O) groups is 1. The average molecular weight is 311 g/mol. The Morgan fingerprint density at radius 2 is 1.84 bits per heavy atom. The van der Waals surface area contributed by atoms with Gasteiger partial charge in [-0.3, -0.25) is 4.79 Å². The number of carboxylic acid groups (broad SMARTS) is 1. The maximum absolute atomic E-state index is 10.5. The van der Waals surface area contributed by atoms with Crippen LogP contribution in [0.5, 0.6) is 0 Å². The molecule has 1 aromatic rings. The van der Waals surface area contributed by atoms with Crippen molar-refractivity contribution in [2.24, 2.45) is 5.73 Å². The van der Waals surface area contributed by atoms with Gasteiger partial charge < -0.3 is 20.5 Å². The lowest BCUT2D eigenvalue weighted by Gasteiger charge is -2.13. The Balaban J connectivity index is 0. The van der Waals surface area contributed by atoms with Gasteiger partial charge in [0.15, 0.2) is 0 Å². The van der Waals surface area contributed by atoms with E-state index in [1.807, 2.05) is 43.3 Å². The Morgan fingerprint density at radius 3 is 2.26 bits per heavy atom. The Bertz CT molecular complexity index is 372. The Hall–Kier alpha value is -1.01. The fraction of sp³-hybridized carbons (Fsp3) is 0.417. The molecule has 0 aliphatic carbocycles. The zero-order chi connectivity index (χ0) is 12.8. The van der Waals surface area contributed by atoms with Crippen molar-refractivity contribution >= 4 is 36.5 Å². The first-order valence-electron chi connectivity index (χ1n) is 5.33. The number of nitrogens with zero attached hydrogens (tertiary/aromatic N) is 1. The number of anilines is 1. The highest BCUT2D eigenvalue weighted by Crippen LogP contribution is 2.12. The molecule has 1 atom stereocenters. The predicted octanol–water partition coefficient (Wildman–Crippen LogP) is 1.52. The fourth-order valence-electron chi connectivity index (χ4n) is 1.27. The molecule has 0 aliphatic rings. The molecule has 7 heteroatoms. The van der Waals surface area contributed by atoms with E-state index in [9.17, 15) is 4.79 Å². The Morgan fingerprint density at radius 1 is 1.32 bits per heavy atom. The van der Waals surface area contributed by atoms with Crippen LogP contribution < -0.4 is 10.6 Å². The maximum Gasteiger partial charge on any atom is 0.322 e. The number of hydrogen-bond acceptors (Lipinski definition) is 4. The molecule has 0 saturated carbocycles. The van der Waals surface area contributed by atoms with Crippen molar-refractivity contribution in [1.29, 1.82) is 0 Å². The minimum Gasteiger partial charge on any atom is -0.480 e. The fourth-order valence-corrected chi connectivity index (χ4v) is 1.27. The molecule has 1 aromatic carbocycles. The highest BCUT2D eigenvalue weighted by molar-refractivity contribution is 5.85. The van der Waals surface area contributed by atoms with Crippen LogP contribution in [-0.2, 0) is 16.1 Å². The third kappa shape index (κ3) is 7.22. The van der Waals surface area contributed by atoms with Gasteiger partial charge in [0.1, 0.15) is 6.04 Å². The highest BCUT2D eigenvalue weighted by Gasteiger charge is 2.10. The largest absolute Gasteiger partial charge is 0.480 e. The quantitative estimate of drug-likeness (QED) is 0.833. The predicted molar refractivity (Wildman–Crippen MR) is 80.5 cm³/mol.